The van der Waals surface area contributed by atoms with Gasteiger partial charge in [0.1, 0.15) is 5.75 Å². The average Bonchev–Trinajstić information content (AvgIpc) is 2.79. The van der Waals surface area contributed by atoms with Crippen molar-refractivity contribution in [1.29, 1.82) is 0 Å². The molecule has 8 nitrogen and oxygen atoms in total. The number of nitrogens with zero attached hydrogens (tertiary/aromatic N) is 2. The second-order valence-corrected chi connectivity index (χ2v) is 9.71. The van der Waals surface area contributed by atoms with E-state index < -0.39 is 33.9 Å². The number of rotatable bonds is 7. The zero-order valence-corrected chi connectivity index (χ0v) is 19.2. The first-order valence-corrected chi connectivity index (χ1v) is 11.9. The van der Waals surface area contributed by atoms with E-state index in [4.69, 9.17) is 0 Å². The van der Waals surface area contributed by atoms with Gasteiger partial charge < -0.3 is 15.0 Å². The molecular weight excluding hydrogens is 475 g/mol. The number of likely N-dealkylation sites (N-methyl/N-ethyl adjacent to an activating group) is 1. The SMILES string of the molecule is CN(CC(=O)Nc1ccc(OC(F)(F)F)cc1)C(=O)c1ccc(S(=O)(=O)N2CCCCC2)cc1. The molecule has 34 heavy (non-hydrogen) atoms. The number of sulfonamides is 1. The number of anilines is 1. The number of piperidine rings is 1. The fourth-order valence-corrected chi connectivity index (χ4v) is 4.99. The maximum atomic E-state index is 12.7. The predicted octanol–water partition coefficient (Wildman–Crippen LogP) is 3.47. The highest BCUT2D eigenvalue weighted by Crippen LogP contribution is 2.24. The Kier molecular flexibility index (Phi) is 7.82. The van der Waals surface area contributed by atoms with Crippen molar-refractivity contribution >= 4 is 27.5 Å². The summed E-state index contributed by atoms with van der Waals surface area (Å²) in [6.45, 7) is 0.616. The third kappa shape index (κ3) is 6.70. The fourth-order valence-electron chi connectivity index (χ4n) is 3.47. The summed E-state index contributed by atoms with van der Waals surface area (Å²) >= 11 is 0. The van der Waals surface area contributed by atoms with Crippen LogP contribution in [-0.2, 0) is 14.8 Å². The van der Waals surface area contributed by atoms with Gasteiger partial charge in [-0.1, -0.05) is 6.42 Å². The lowest BCUT2D eigenvalue weighted by Gasteiger charge is -2.26. The molecule has 1 N–H and O–H groups in total. The molecule has 0 radical (unpaired) electrons. The normalized spacial score (nSPS) is 14.9. The first-order valence-electron chi connectivity index (χ1n) is 10.5. The summed E-state index contributed by atoms with van der Waals surface area (Å²) in [5.74, 6) is -1.49. The topological polar surface area (TPSA) is 96.0 Å². The van der Waals surface area contributed by atoms with Crippen molar-refractivity contribution in [2.45, 2.75) is 30.5 Å². The number of hydrogen-bond acceptors (Lipinski definition) is 5. The first-order chi connectivity index (χ1) is 16.0. The molecule has 0 saturated carbocycles. The quantitative estimate of drug-likeness (QED) is 0.630. The van der Waals surface area contributed by atoms with E-state index >= 15 is 0 Å². The monoisotopic (exact) mass is 499 g/mol. The van der Waals surface area contributed by atoms with Crippen LogP contribution < -0.4 is 10.1 Å². The maximum absolute atomic E-state index is 12.7. The van der Waals surface area contributed by atoms with Crippen molar-refractivity contribution in [2.75, 3.05) is 32.0 Å². The highest BCUT2D eigenvalue weighted by molar-refractivity contribution is 7.89. The van der Waals surface area contributed by atoms with Gasteiger partial charge in [-0.25, -0.2) is 8.42 Å². The Bertz CT molecular complexity index is 1110. The number of ether oxygens (including phenoxy) is 1. The number of benzene rings is 2. The Hall–Kier alpha value is -3.12. The van der Waals surface area contributed by atoms with Gasteiger partial charge >= 0.3 is 6.36 Å². The lowest BCUT2D eigenvalue weighted by atomic mass is 10.2. The molecule has 184 valence electrons. The van der Waals surface area contributed by atoms with Crippen molar-refractivity contribution in [3.8, 4) is 5.75 Å². The van der Waals surface area contributed by atoms with E-state index in [9.17, 15) is 31.2 Å². The van der Waals surface area contributed by atoms with Crippen LogP contribution >= 0.6 is 0 Å². The van der Waals surface area contributed by atoms with Crippen molar-refractivity contribution < 1.29 is 35.9 Å². The Balaban J connectivity index is 1.57. The third-order valence-electron chi connectivity index (χ3n) is 5.15. The molecule has 1 saturated heterocycles. The van der Waals surface area contributed by atoms with Gasteiger partial charge in [0.2, 0.25) is 15.9 Å². The molecule has 2 aromatic carbocycles. The second kappa shape index (κ2) is 10.4. The van der Waals surface area contributed by atoms with E-state index in [0.29, 0.717) is 13.1 Å². The smallest absolute Gasteiger partial charge is 0.406 e. The number of halogens is 3. The van der Waals surface area contributed by atoms with Crippen LogP contribution in [0, 0.1) is 0 Å². The number of nitrogens with one attached hydrogen (secondary N) is 1. The first kappa shape index (κ1) is 25.5. The van der Waals surface area contributed by atoms with Crippen LogP contribution in [-0.4, -0.2) is 62.5 Å². The van der Waals surface area contributed by atoms with E-state index in [-0.39, 0.29) is 22.7 Å². The van der Waals surface area contributed by atoms with Gasteiger partial charge in [-0.15, -0.1) is 13.2 Å². The molecule has 3 rings (SSSR count). The molecule has 1 aliphatic heterocycles. The van der Waals surface area contributed by atoms with Crippen molar-refractivity contribution in [2.24, 2.45) is 0 Å². The Morgan fingerprint density at radius 3 is 2.15 bits per heavy atom. The zero-order chi connectivity index (χ0) is 24.9. The molecule has 2 amide bonds. The van der Waals surface area contributed by atoms with Gasteiger partial charge in [0.05, 0.1) is 11.4 Å². The van der Waals surface area contributed by atoms with Crippen molar-refractivity contribution in [3.05, 3.63) is 54.1 Å². The summed E-state index contributed by atoms with van der Waals surface area (Å²) in [7, 11) is -2.22. The summed E-state index contributed by atoms with van der Waals surface area (Å²) in [6.07, 6.45) is -2.19. The molecule has 0 bridgehead atoms. The molecule has 1 heterocycles. The summed E-state index contributed by atoms with van der Waals surface area (Å²) in [6, 6.07) is 10.1. The lowest BCUT2D eigenvalue weighted by molar-refractivity contribution is -0.274. The van der Waals surface area contributed by atoms with Gasteiger partial charge in [0.25, 0.3) is 5.91 Å². The highest BCUT2D eigenvalue weighted by atomic mass is 32.2. The number of carbonyl (C=O) groups excluding carboxylic acids is 2. The van der Waals surface area contributed by atoms with Crippen LogP contribution in [0.3, 0.4) is 0 Å². The van der Waals surface area contributed by atoms with E-state index in [0.717, 1.165) is 36.3 Å². The van der Waals surface area contributed by atoms with Crippen LogP contribution in [0.15, 0.2) is 53.4 Å². The molecule has 1 fully saturated rings. The molecule has 0 aromatic heterocycles. The standard InChI is InChI=1S/C22H24F3N3O5S/c1-27(15-20(29)26-17-7-9-18(10-8-17)33-22(23,24)25)21(30)16-5-11-19(12-6-16)34(31,32)28-13-3-2-4-14-28/h5-12H,2-4,13-15H2,1H3,(H,26,29). The summed E-state index contributed by atoms with van der Waals surface area (Å²) in [5, 5.41) is 2.48. The predicted molar refractivity (Wildman–Crippen MR) is 118 cm³/mol. The average molecular weight is 500 g/mol. The molecule has 12 heteroatoms. The second-order valence-electron chi connectivity index (χ2n) is 7.77. The maximum Gasteiger partial charge on any atom is 0.573 e. The van der Waals surface area contributed by atoms with Crippen LogP contribution in [0.4, 0.5) is 18.9 Å². The van der Waals surface area contributed by atoms with Gasteiger partial charge in [-0.05, 0) is 61.4 Å². The van der Waals surface area contributed by atoms with Crippen LogP contribution in [0.5, 0.6) is 5.75 Å². The Labute approximate surface area is 195 Å². The van der Waals surface area contributed by atoms with Crippen LogP contribution in [0.1, 0.15) is 29.6 Å². The minimum absolute atomic E-state index is 0.101. The third-order valence-corrected chi connectivity index (χ3v) is 7.07. The number of amides is 2. The minimum atomic E-state index is -4.82. The van der Waals surface area contributed by atoms with E-state index in [2.05, 4.69) is 10.1 Å². The Morgan fingerprint density at radius 2 is 1.59 bits per heavy atom. The van der Waals surface area contributed by atoms with Gasteiger partial charge in [0, 0.05) is 31.4 Å². The minimum Gasteiger partial charge on any atom is -0.406 e. The largest absolute Gasteiger partial charge is 0.573 e. The summed E-state index contributed by atoms with van der Waals surface area (Å²) < 4.78 is 67.3. The number of hydrogen-bond donors (Lipinski definition) is 1. The summed E-state index contributed by atoms with van der Waals surface area (Å²) in [5.41, 5.74) is 0.439. The van der Waals surface area contributed by atoms with Crippen LogP contribution in [0.2, 0.25) is 0 Å². The number of alkyl halides is 3. The molecule has 2 aromatic rings. The molecule has 0 spiro atoms. The van der Waals surface area contributed by atoms with Gasteiger partial charge in [0.15, 0.2) is 0 Å². The van der Waals surface area contributed by atoms with Crippen molar-refractivity contribution in [3.63, 3.8) is 0 Å². The van der Waals surface area contributed by atoms with E-state index in [1.54, 1.807) is 0 Å². The lowest BCUT2D eigenvalue weighted by Crippen LogP contribution is -2.36. The number of carbonyl (C=O) groups is 2. The molecule has 0 unspecified atom stereocenters. The molecule has 0 atom stereocenters. The molecule has 1 aliphatic rings. The van der Waals surface area contributed by atoms with Crippen molar-refractivity contribution in [1.82, 2.24) is 9.21 Å². The Morgan fingerprint density at radius 1 is 1.00 bits per heavy atom. The van der Waals surface area contributed by atoms with Gasteiger partial charge in [-0.3, -0.25) is 9.59 Å². The van der Waals surface area contributed by atoms with Crippen LogP contribution in [0.25, 0.3) is 0 Å². The summed E-state index contributed by atoms with van der Waals surface area (Å²) in [4.78, 5) is 26.1. The van der Waals surface area contributed by atoms with Gasteiger partial charge in [-0.2, -0.15) is 4.31 Å². The van der Waals surface area contributed by atoms with E-state index in [1.165, 1.54) is 47.8 Å². The molecular formula is C22H24F3N3O5S. The van der Waals surface area contributed by atoms with E-state index in [1.807, 2.05) is 0 Å². The highest BCUT2D eigenvalue weighted by Gasteiger charge is 2.31. The zero-order valence-electron chi connectivity index (χ0n) is 18.3. The fraction of sp³-hybridized carbons (Fsp3) is 0.364. The molecule has 0 aliphatic carbocycles.